The van der Waals surface area contributed by atoms with Crippen LogP contribution in [0.2, 0.25) is 0 Å². The highest BCUT2D eigenvalue weighted by Crippen LogP contribution is 2.41. The van der Waals surface area contributed by atoms with Gasteiger partial charge in [-0.15, -0.1) is 0 Å². The van der Waals surface area contributed by atoms with Gasteiger partial charge in [-0.05, 0) is 111 Å². The molecule has 0 aliphatic carbocycles. The van der Waals surface area contributed by atoms with Crippen molar-refractivity contribution in [1.82, 2.24) is 19.5 Å². The molecule has 0 saturated heterocycles. The highest BCUT2D eigenvalue weighted by molar-refractivity contribution is 6.20. The van der Waals surface area contributed by atoms with E-state index in [-0.39, 0.29) is 0 Å². The van der Waals surface area contributed by atoms with Gasteiger partial charge in [0, 0.05) is 54.7 Å². The molecule has 0 aliphatic heterocycles. The molecule has 292 valence electrons. The molecule has 0 atom stereocenters. The van der Waals surface area contributed by atoms with Gasteiger partial charge in [-0.2, -0.15) is 0 Å². The van der Waals surface area contributed by atoms with Crippen molar-refractivity contribution < 1.29 is 8.83 Å². The summed E-state index contributed by atoms with van der Waals surface area (Å²) in [6, 6.07) is 68.3. The Bertz CT molecular complexity index is 4120. The van der Waals surface area contributed by atoms with Gasteiger partial charge in [0.1, 0.15) is 22.3 Å². The maximum atomic E-state index is 6.53. The molecule has 0 saturated carbocycles. The number of rotatable bonds is 4. The van der Waals surface area contributed by atoms with Crippen LogP contribution in [0.25, 0.3) is 138 Å². The van der Waals surface area contributed by atoms with E-state index >= 15 is 0 Å². The Kier molecular flexibility index (Phi) is 7.02. The van der Waals surface area contributed by atoms with Crippen LogP contribution in [-0.4, -0.2) is 19.5 Å². The van der Waals surface area contributed by atoms with Gasteiger partial charge < -0.3 is 13.4 Å². The summed E-state index contributed by atoms with van der Waals surface area (Å²) >= 11 is 0. The van der Waals surface area contributed by atoms with E-state index in [1.807, 2.05) is 66.7 Å². The van der Waals surface area contributed by atoms with Crippen molar-refractivity contribution in [3.05, 3.63) is 194 Å². The molecule has 10 aromatic carbocycles. The third-order valence-corrected chi connectivity index (χ3v) is 12.8. The fourth-order valence-electron chi connectivity index (χ4n) is 9.75. The second-order valence-corrected chi connectivity index (χ2v) is 16.4. The highest BCUT2D eigenvalue weighted by Gasteiger charge is 2.19. The maximum absolute atomic E-state index is 6.53. The summed E-state index contributed by atoms with van der Waals surface area (Å²) in [6.07, 6.45) is 0. The van der Waals surface area contributed by atoms with Gasteiger partial charge in [0.25, 0.3) is 0 Å². The quantitative estimate of drug-likeness (QED) is 0.177. The van der Waals surface area contributed by atoms with Gasteiger partial charge in [0.15, 0.2) is 17.5 Å². The minimum absolute atomic E-state index is 0.572. The summed E-state index contributed by atoms with van der Waals surface area (Å²) in [5.41, 5.74) is 9.38. The molecule has 0 bridgehead atoms. The van der Waals surface area contributed by atoms with Gasteiger partial charge in [0.05, 0.1) is 11.0 Å². The molecular formula is C57H32N4O2. The molecule has 0 radical (unpaired) electrons. The molecule has 0 N–H and O–H groups in total. The zero-order valence-electron chi connectivity index (χ0n) is 33.6. The van der Waals surface area contributed by atoms with E-state index < -0.39 is 0 Å². The average molecular weight is 805 g/mol. The lowest BCUT2D eigenvalue weighted by molar-refractivity contribution is 0.668. The second-order valence-electron chi connectivity index (χ2n) is 16.4. The molecule has 0 fully saturated rings. The average Bonchev–Trinajstić information content (AvgIpc) is 4.01. The Morgan fingerprint density at radius 3 is 1.57 bits per heavy atom. The van der Waals surface area contributed by atoms with E-state index in [1.165, 1.54) is 43.4 Å². The molecule has 63 heavy (non-hydrogen) atoms. The third kappa shape index (κ3) is 5.22. The summed E-state index contributed by atoms with van der Waals surface area (Å²) < 4.78 is 15.2. The summed E-state index contributed by atoms with van der Waals surface area (Å²) in [6.45, 7) is 0. The molecular weight excluding hydrogens is 773 g/mol. The molecule has 6 heteroatoms. The molecule has 0 spiro atoms. The first kappa shape index (κ1) is 34.1. The van der Waals surface area contributed by atoms with E-state index in [0.717, 1.165) is 77.0 Å². The van der Waals surface area contributed by atoms with Crippen molar-refractivity contribution in [2.75, 3.05) is 0 Å². The number of aromatic nitrogens is 4. The SMILES string of the molecule is c1ccc(-c2nc(-c3ccc4c(c3)oc3ccccc34)nc(-c3ccc4oc5ccc6cc(-n7c8cc9ccccc9cc8c8cc9ccccc9cc87)ccc6c5c4c3)n2)cc1. The van der Waals surface area contributed by atoms with Crippen LogP contribution in [-0.2, 0) is 0 Å². The van der Waals surface area contributed by atoms with E-state index in [9.17, 15) is 0 Å². The highest BCUT2D eigenvalue weighted by atomic mass is 16.3. The van der Waals surface area contributed by atoms with Crippen molar-refractivity contribution in [2.24, 2.45) is 0 Å². The molecule has 14 rings (SSSR count). The first-order chi connectivity index (χ1) is 31.2. The standard InChI is InChI=1S/C57H32N4O2/c1-2-10-33(11-3-1)55-58-56(60-57(59-55)40-18-22-44-43-16-8-9-17-50(43)63-53(44)32-40)39-20-24-51-47(29-39)54-42-23-21-41(26-38(42)19-25-52(54)62-51)61-48-30-36-14-6-4-12-34(36)27-45(48)46-28-35-13-5-7-15-37(35)31-49(46)61/h1-32H. The molecule has 0 amide bonds. The normalized spacial score (nSPS) is 12.1. The van der Waals surface area contributed by atoms with Gasteiger partial charge in [-0.25, -0.2) is 15.0 Å². The number of hydrogen-bond acceptors (Lipinski definition) is 5. The van der Waals surface area contributed by atoms with E-state index in [2.05, 4.69) is 132 Å². The zero-order chi connectivity index (χ0) is 41.2. The van der Waals surface area contributed by atoms with Crippen LogP contribution < -0.4 is 0 Å². The topological polar surface area (TPSA) is 69.9 Å². The lowest BCUT2D eigenvalue weighted by Crippen LogP contribution is -2.00. The number of furan rings is 2. The lowest BCUT2D eigenvalue weighted by atomic mass is 10.0. The van der Waals surface area contributed by atoms with Crippen molar-refractivity contribution in [2.45, 2.75) is 0 Å². The van der Waals surface area contributed by atoms with Crippen LogP contribution in [0, 0.1) is 0 Å². The Hall–Kier alpha value is -8.61. The third-order valence-electron chi connectivity index (χ3n) is 12.8. The van der Waals surface area contributed by atoms with Crippen molar-refractivity contribution in [3.8, 4) is 39.9 Å². The Labute approximate surface area is 358 Å². The Morgan fingerprint density at radius 2 is 0.841 bits per heavy atom. The molecule has 6 nitrogen and oxygen atoms in total. The van der Waals surface area contributed by atoms with E-state index in [0.29, 0.717) is 17.5 Å². The number of nitrogens with zero attached hydrogens (tertiary/aromatic N) is 4. The summed E-state index contributed by atoms with van der Waals surface area (Å²) in [4.78, 5) is 15.2. The predicted octanol–water partition coefficient (Wildman–Crippen LogP) is 15.2. The summed E-state index contributed by atoms with van der Waals surface area (Å²) in [7, 11) is 0. The minimum Gasteiger partial charge on any atom is -0.456 e. The van der Waals surface area contributed by atoms with Crippen LogP contribution in [0.4, 0.5) is 0 Å². The monoisotopic (exact) mass is 804 g/mol. The number of para-hydroxylation sites is 1. The number of hydrogen-bond donors (Lipinski definition) is 0. The van der Waals surface area contributed by atoms with Crippen LogP contribution in [0.15, 0.2) is 203 Å². The first-order valence-electron chi connectivity index (χ1n) is 21.2. The van der Waals surface area contributed by atoms with Gasteiger partial charge in [0.2, 0.25) is 0 Å². The van der Waals surface area contributed by atoms with Gasteiger partial charge in [-0.1, -0.05) is 115 Å². The molecule has 0 unspecified atom stereocenters. The van der Waals surface area contributed by atoms with E-state index in [4.69, 9.17) is 23.8 Å². The van der Waals surface area contributed by atoms with Crippen LogP contribution in [0.1, 0.15) is 0 Å². The summed E-state index contributed by atoms with van der Waals surface area (Å²) in [5.74, 6) is 1.75. The fourth-order valence-corrected chi connectivity index (χ4v) is 9.75. The van der Waals surface area contributed by atoms with Crippen LogP contribution in [0.5, 0.6) is 0 Å². The fraction of sp³-hybridized carbons (Fsp3) is 0. The number of benzene rings is 10. The summed E-state index contributed by atoms with van der Waals surface area (Å²) in [5, 5.41) is 13.8. The van der Waals surface area contributed by atoms with Crippen molar-refractivity contribution >= 4 is 98.0 Å². The van der Waals surface area contributed by atoms with Gasteiger partial charge in [-0.3, -0.25) is 0 Å². The lowest BCUT2D eigenvalue weighted by Gasteiger charge is -2.11. The number of fused-ring (bicyclic) bond motifs is 13. The Morgan fingerprint density at radius 1 is 0.302 bits per heavy atom. The van der Waals surface area contributed by atoms with Gasteiger partial charge >= 0.3 is 0 Å². The van der Waals surface area contributed by atoms with Crippen LogP contribution in [0.3, 0.4) is 0 Å². The molecule has 0 aliphatic rings. The molecule has 14 aromatic rings. The minimum atomic E-state index is 0.572. The Balaban J connectivity index is 0.944. The zero-order valence-corrected chi connectivity index (χ0v) is 33.6. The first-order valence-corrected chi connectivity index (χ1v) is 21.2. The second kappa shape index (κ2) is 12.9. The largest absolute Gasteiger partial charge is 0.456 e. The molecule has 4 heterocycles. The van der Waals surface area contributed by atoms with Crippen molar-refractivity contribution in [1.29, 1.82) is 0 Å². The predicted molar refractivity (Wildman–Crippen MR) is 258 cm³/mol. The maximum Gasteiger partial charge on any atom is 0.164 e. The van der Waals surface area contributed by atoms with Crippen LogP contribution >= 0.6 is 0 Å². The van der Waals surface area contributed by atoms with Crippen molar-refractivity contribution in [3.63, 3.8) is 0 Å². The smallest absolute Gasteiger partial charge is 0.164 e. The van der Waals surface area contributed by atoms with E-state index in [1.54, 1.807) is 0 Å². The molecule has 4 aromatic heterocycles.